The highest BCUT2D eigenvalue weighted by molar-refractivity contribution is 6.15. The molecule has 4 rings (SSSR count). The van der Waals surface area contributed by atoms with Crippen molar-refractivity contribution >= 4 is 23.6 Å². The van der Waals surface area contributed by atoms with Crippen molar-refractivity contribution in [2.75, 3.05) is 13.2 Å². The Morgan fingerprint density at radius 3 is 2.61 bits per heavy atom. The van der Waals surface area contributed by atoms with E-state index in [2.05, 4.69) is 36.3 Å². The summed E-state index contributed by atoms with van der Waals surface area (Å²) in [7, 11) is 0. The molecule has 0 spiro atoms. The average molecular weight is 424 g/mol. The Labute approximate surface area is 182 Å². The lowest BCUT2D eigenvalue weighted by Gasteiger charge is -2.39. The zero-order valence-corrected chi connectivity index (χ0v) is 18.5. The van der Waals surface area contributed by atoms with Gasteiger partial charge in [-0.25, -0.2) is 4.79 Å². The average Bonchev–Trinajstić information content (AvgIpc) is 3.23. The van der Waals surface area contributed by atoms with Crippen molar-refractivity contribution in [2.24, 2.45) is 10.8 Å². The van der Waals surface area contributed by atoms with Crippen LogP contribution in [-0.4, -0.2) is 56.2 Å². The van der Waals surface area contributed by atoms with Gasteiger partial charge in [0.05, 0.1) is 0 Å². The maximum absolute atomic E-state index is 13.0. The van der Waals surface area contributed by atoms with Crippen LogP contribution in [0.25, 0.3) is 11.8 Å². The van der Waals surface area contributed by atoms with Crippen LogP contribution in [0.5, 0.6) is 0 Å². The number of aromatic nitrogens is 4. The Hall–Kier alpha value is -3.03. The van der Waals surface area contributed by atoms with Crippen LogP contribution >= 0.6 is 0 Å². The van der Waals surface area contributed by atoms with Gasteiger partial charge in [-0.15, -0.1) is 5.10 Å². The first-order valence-corrected chi connectivity index (χ1v) is 10.6. The van der Waals surface area contributed by atoms with Gasteiger partial charge in [0.25, 0.3) is 5.91 Å². The van der Waals surface area contributed by atoms with Crippen LogP contribution in [0.2, 0.25) is 0 Å². The standard InChI is InChI=1S/C23H29N5O3/c1-16-24-25-26-28(16)19(10-17-8-6-5-7-9-17)21(30)31-13-20(29)27-15-23(4)12-18(27)11-22(2,3)14-23/h5-10,18H,11-15H2,1-4H3/b19-10-/t18-,23-/m1/s1. The molecule has 31 heavy (non-hydrogen) atoms. The molecule has 1 aliphatic carbocycles. The van der Waals surface area contributed by atoms with Crippen molar-refractivity contribution in [3.63, 3.8) is 0 Å². The fourth-order valence-corrected chi connectivity index (χ4v) is 5.40. The van der Waals surface area contributed by atoms with Crippen molar-refractivity contribution in [2.45, 2.75) is 53.0 Å². The van der Waals surface area contributed by atoms with Crippen molar-refractivity contribution in [3.05, 3.63) is 41.7 Å². The molecule has 0 radical (unpaired) electrons. The molecule has 2 bridgehead atoms. The Kier molecular flexibility index (Phi) is 5.41. The molecule has 2 aromatic rings. The Morgan fingerprint density at radius 2 is 1.94 bits per heavy atom. The lowest BCUT2D eigenvalue weighted by atomic mass is 9.65. The summed E-state index contributed by atoms with van der Waals surface area (Å²) in [6.07, 6.45) is 4.75. The third kappa shape index (κ3) is 4.52. The monoisotopic (exact) mass is 423 g/mol. The number of aryl methyl sites for hydroxylation is 1. The predicted octanol–water partition coefficient (Wildman–Crippen LogP) is 2.95. The number of rotatable bonds is 5. The Morgan fingerprint density at radius 1 is 1.19 bits per heavy atom. The summed E-state index contributed by atoms with van der Waals surface area (Å²) < 4.78 is 6.77. The minimum Gasteiger partial charge on any atom is -0.451 e. The molecule has 1 aromatic heterocycles. The van der Waals surface area contributed by atoms with Crippen LogP contribution in [0.4, 0.5) is 0 Å². The molecular formula is C23H29N5O3. The first kappa shape index (κ1) is 21.2. The minimum absolute atomic E-state index is 0.133. The molecule has 2 atom stereocenters. The molecular weight excluding hydrogens is 394 g/mol. The number of likely N-dealkylation sites (tertiary alicyclic amines) is 1. The predicted molar refractivity (Wildman–Crippen MR) is 115 cm³/mol. The second kappa shape index (κ2) is 7.90. The van der Waals surface area contributed by atoms with E-state index in [1.165, 1.54) is 4.68 Å². The molecule has 0 unspecified atom stereocenters. The molecule has 1 saturated heterocycles. The molecule has 8 heteroatoms. The number of tetrazole rings is 1. The van der Waals surface area contributed by atoms with Crippen LogP contribution in [0.15, 0.2) is 30.3 Å². The van der Waals surface area contributed by atoms with E-state index < -0.39 is 5.97 Å². The van der Waals surface area contributed by atoms with Crippen LogP contribution in [0.3, 0.4) is 0 Å². The lowest BCUT2D eigenvalue weighted by Crippen LogP contribution is -2.40. The molecule has 1 aromatic carbocycles. The molecule has 2 aliphatic rings. The number of nitrogens with zero attached hydrogens (tertiary/aromatic N) is 5. The second-order valence-electron chi connectivity index (χ2n) is 9.89. The summed E-state index contributed by atoms with van der Waals surface area (Å²) in [5.41, 5.74) is 1.31. The van der Waals surface area contributed by atoms with Gasteiger partial charge in [0.2, 0.25) is 0 Å². The van der Waals surface area contributed by atoms with Gasteiger partial charge < -0.3 is 9.64 Å². The number of carbonyl (C=O) groups excluding carboxylic acids is 2. The summed E-state index contributed by atoms with van der Waals surface area (Å²) >= 11 is 0. The molecule has 164 valence electrons. The molecule has 0 N–H and O–H groups in total. The van der Waals surface area contributed by atoms with Crippen molar-refractivity contribution in [3.8, 4) is 0 Å². The van der Waals surface area contributed by atoms with Crippen LogP contribution in [0.1, 0.15) is 51.4 Å². The normalized spacial score (nSPS) is 24.8. The fraction of sp³-hybridized carbons (Fsp3) is 0.522. The number of carbonyl (C=O) groups is 2. The molecule has 8 nitrogen and oxygen atoms in total. The molecule has 1 amide bonds. The van der Waals surface area contributed by atoms with E-state index in [0.717, 1.165) is 31.4 Å². The summed E-state index contributed by atoms with van der Waals surface area (Å²) in [6.45, 7) is 8.90. The van der Waals surface area contributed by atoms with Gasteiger partial charge in [-0.3, -0.25) is 4.79 Å². The minimum atomic E-state index is -0.638. The maximum Gasteiger partial charge on any atom is 0.357 e. The number of amides is 1. The van der Waals surface area contributed by atoms with Crippen LogP contribution in [-0.2, 0) is 14.3 Å². The highest BCUT2D eigenvalue weighted by Gasteiger charge is 2.50. The number of ether oxygens (including phenoxy) is 1. The van der Waals surface area contributed by atoms with E-state index in [9.17, 15) is 9.59 Å². The van der Waals surface area contributed by atoms with E-state index >= 15 is 0 Å². The molecule has 2 fully saturated rings. The van der Waals surface area contributed by atoms with Gasteiger partial charge in [0.15, 0.2) is 18.1 Å². The maximum atomic E-state index is 13.0. The second-order valence-corrected chi connectivity index (χ2v) is 9.89. The fourth-order valence-electron chi connectivity index (χ4n) is 5.40. The van der Waals surface area contributed by atoms with Crippen molar-refractivity contribution < 1.29 is 14.3 Å². The summed E-state index contributed by atoms with van der Waals surface area (Å²) in [5, 5.41) is 11.4. The Balaban J connectivity index is 1.48. The Bertz CT molecular complexity index is 1010. The topological polar surface area (TPSA) is 90.2 Å². The van der Waals surface area contributed by atoms with Crippen LogP contribution < -0.4 is 0 Å². The zero-order chi connectivity index (χ0) is 22.2. The number of fused-ring (bicyclic) bond motifs is 2. The number of benzene rings is 1. The summed E-state index contributed by atoms with van der Waals surface area (Å²) in [6, 6.07) is 9.58. The number of hydrogen-bond acceptors (Lipinski definition) is 6. The molecule has 1 aliphatic heterocycles. The van der Waals surface area contributed by atoms with E-state index in [-0.39, 0.29) is 35.1 Å². The third-order valence-corrected chi connectivity index (χ3v) is 6.23. The van der Waals surface area contributed by atoms with Crippen molar-refractivity contribution in [1.29, 1.82) is 0 Å². The summed E-state index contributed by atoms with van der Waals surface area (Å²) in [5.74, 6) is -0.331. The van der Waals surface area contributed by atoms with Crippen LogP contribution in [0, 0.1) is 17.8 Å². The third-order valence-electron chi connectivity index (χ3n) is 6.23. The number of hydrogen-bond donors (Lipinski definition) is 0. The van der Waals surface area contributed by atoms with Gasteiger partial charge in [-0.1, -0.05) is 51.1 Å². The lowest BCUT2D eigenvalue weighted by molar-refractivity contribution is -0.148. The SMILES string of the molecule is Cc1nnnn1/C(=C\c1ccccc1)C(=O)OCC(=O)N1C[C@]2(C)C[C@H]1CC(C)(C)C2. The van der Waals surface area contributed by atoms with E-state index in [1.54, 1.807) is 13.0 Å². The first-order valence-electron chi connectivity index (χ1n) is 10.6. The smallest absolute Gasteiger partial charge is 0.357 e. The van der Waals surface area contributed by atoms with Crippen molar-refractivity contribution in [1.82, 2.24) is 25.1 Å². The van der Waals surface area contributed by atoms with Gasteiger partial charge in [0.1, 0.15) is 0 Å². The molecule has 1 saturated carbocycles. The zero-order valence-electron chi connectivity index (χ0n) is 18.5. The van der Waals surface area contributed by atoms with E-state index in [0.29, 0.717) is 5.82 Å². The summed E-state index contributed by atoms with van der Waals surface area (Å²) in [4.78, 5) is 27.8. The largest absolute Gasteiger partial charge is 0.451 e. The van der Waals surface area contributed by atoms with Gasteiger partial charge in [-0.05, 0) is 59.1 Å². The van der Waals surface area contributed by atoms with E-state index in [4.69, 9.17) is 4.74 Å². The molecule has 2 heterocycles. The quantitative estimate of drug-likeness (QED) is 0.543. The highest BCUT2D eigenvalue weighted by Crippen LogP contribution is 2.52. The van der Waals surface area contributed by atoms with Gasteiger partial charge in [0, 0.05) is 12.6 Å². The van der Waals surface area contributed by atoms with E-state index in [1.807, 2.05) is 35.2 Å². The first-order chi connectivity index (χ1) is 14.7. The van der Waals surface area contributed by atoms with Gasteiger partial charge in [-0.2, -0.15) is 4.68 Å². The van der Waals surface area contributed by atoms with Gasteiger partial charge >= 0.3 is 5.97 Å². The highest BCUT2D eigenvalue weighted by atomic mass is 16.5. The number of esters is 1.